The van der Waals surface area contributed by atoms with Crippen LogP contribution in [0.3, 0.4) is 0 Å². The van der Waals surface area contributed by atoms with Gasteiger partial charge in [0, 0.05) is 25.4 Å². The third-order valence-corrected chi connectivity index (χ3v) is 1.83. The van der Waals surface area contributed by atoms with E-state index in [0.29, 0.717) is 19.0 Å². The fourth-order valence-corrected chi connectivity index (χ4v) is 1.05. The molecular weight excluding hydrogens is 194 g/mol. The third-order valence-electron chi connectivity index (χ3n) is 1.83. The standard InChI is InChI=1S/C10H21N3O2/c1-8(2)12-6-3-4-10(15)13-7-5-9(11)14/h8,12H,3-7H2,1-2H3,(H2,11,14)(H,13,15). The summed E-state index contributed by atoms with van der Waals surface area (Å²) >= 11 is 0. The Morgan fingerprint density at radius 3 is 2.40 bits per heavy atom. The quantitative estimate of drug-likeness (QED) is 0.488. The molecule has 0 spiro atoms. The van der Waals surface area contributed by atoms with Crippen LogP contribution in [0.1, 0.15) is 33.1 Å². The fourth-order valence-electron chi connectivity index (χ4n) is 1.05. The molecule has 0 aliphatic rings. The number of hydrogen-bond donors (Lipinski definition) is 3. The van der Waals surface area contributed by atoms with Crippen molar-refractivity contribution in [3.63, 3.8) is 0 Å². The lowest BCUT2D eigenvalue weighted by atomic mass is 10.2. The molecule has 0 bridgehead atoms. The number of amides is 2. The summed E-state index contributed by atoms with van der Waals surface area (Å²) in [5.74, 6) is -0.418. The van der Waals surface area contributed by atoms with Crippen LogP contribution in [0.2, 0.25) is 0 Å². The normalized spacial score (nSPS) is 10.3. The molecule has 88 valence electrons. The van der Waals surface area contributed by atoms with Gasteiger partial charge in [-0.15, -0.1) is 0 Å². The van der Waals surface area contributed by atoms with E-state index in [4.69, 9.17) is 5.73 Å². The number of carbonyl (C=O) groups is 2. The predicted octanol–water partition coefficient (Wildman–Crippen LogP) is -0.244. The highest BCUT2D eigenvalue weighted by Crippen LogP contribution is 1.88. The van der Waals surface area contributed by atoms with Crippen molar-refractivity contribution in [2.75, 3.05) is 13.1 Å². The Morgan fingerprint density at radius 2 is 1.87 bits per heavy atom. The summed E-state index contributed by atoms with van der Waals surface area (Å²) in [7, 11) is 0. The Labute approximate surface area is 90.8 Å². The van der Waals surface area contributed by atoms with Gasteiger partial charge in [-0.05, 0) is 13.0 Å². The van der Waals surface area contributed by atoms with Crippen LogP contribution in [-0.4, -0.2) is 30.9 Å². The number of primary amides is 1. The summed E-state index contributed by atoms with van der Waals surface area (Å²) in [5.41, 5.74) is 4.93. The first-order chi connectivity index (χ1) is 7.02. The maximum atomic E-state index is 11.2. The van der Waals surface area contributed by atoms with Crippen molar-refractivity contribution in [2.45, 2.75) is 39.2 Å². The van der Waals surface area contributed by atoms with E-state index in [-0.39, 0.29) is 12.3 Å². The van der Waals surface area contributed by atoms with E-state index in [1.54, 1.807) is 0 Å². The zero-order valence-corrected chi connectivity index (χ0v) is 9.51. The maximum absolute atomic E-state index is 11.2. The summed E-state index contributed by atoms with van der Waals surface area (Å²) < 4.78 is 0. The van der Waals surface area contributed by atoms with Crippen molar-refractivity contribution < 1.29 is 9.59 Å². The van der Waals surface area contributed by atoms with Crippen LogP contribution in [0.4, 0.5) is 0 Å². The molecule has 5 nitrogen and oxygen atoms in total. The zero-order chi connectivity index (χ0) is 11.7. The van der Waals surface area contributed by atoms with Gasteiger partial charge in [0.25, 0.3) is 0 Å². The number of nitrogens with two attached hydrogens (primary N) is 1. The van der Waals surface area contributed by atoms with Crippen molar-refractivity contribution in [1.82, 2.24) is 10.6 Å². The number of nitrogens with one attached hydrogen (secondary N) is 2. The SMILES string of the molecule is CC(C)NCCCC(=O)NCCC(N)=O. The van der Waals surface area contributed by atoms with Crippen LogP contribution in [0, 0.1) is 0 Å². The van der Waals surface area contributed by atoms with Crippen molar-refractivity contribution in [1.29, 1.82) is 0 Å². The van der Waals surface area contributed by atoms with Gasteiger partial charge in [-0.1, -0.05) is 13.8 Å². The molecule has 0 aliphatic carbocycles. The molecule has 4 N–H and O–H groups in total. The summed E-state index contributed by atoms with van der Waals surface area (Å²) in [6.45, 7) is 5.30. The molecule has 5 heteroatoms. The molecule has 0 radical (unpaired) electrons. The van der Waals surface area contributed by atoms with Gasteiger partial charge in [0.2, 0.25) is 11.8 Å². The average Bonchev–Trinajstić information content (AvgIpc) is 2.11. The molecule has 0 aromatic carbocycles. The van der Waals surface area contributed by atoms with E-state index in [1.807, 2.05) is 0 Å². The zero-order valence-electron chi connectivity index (χ0n) is 9.51. The number of carbonyl (C=O) groups excluding carboxylic acids is 2. The molecule has 0 aliphatic heterocycles. The first kappa shape index (κ1) is 13.9. The molecule has 0 atom stereocenters. The Balaban J connectivity index is 3.30. The number of hydrogen-bond acceptors (Lipinski definition) is 3. The van der Waals surface area contributed by atoms with E-state index in [1.165, 1.54) is 0 Å². The van der Waals surface area contributed by atoms with Crippen molar-refractivity contribution in [3.05, 3.63) is 0 Å². The second kappa shape index (κ2) is 8.23. The largest absolute Gasteiger partial charge is 0.370 e. The van der Waals surface area contributed by atoms with E-state index >= 15 is 0 Å². The highest BCUT2D eigenvalue weighted by Gasteiger charge is 2.01. The molecule has 0 rings (SSSR count). The van der Waals surface area contributed by atoms with Crippen LogP contribution >= 0.6 is 0 Å². The van der Waals surface area contributed by atoms with Crippen molar-refractivity contribution in [3.8, 4) is 0 Å². The lowest BCUT2D eigenvalue weighted by Crippen LogP contribution is -2.29. The molecule has 0 saturated heterocycles. The minimum Gasteiger partial charge on any atom is -0.370 e. The van der Waals surface area contributed by atoms with E-state index in [0.717, 1.165) is 13.0 Å². The molecule has 0 heterocycles. The van der Waals surface area contributed by atoms with Gasteiger partial charge in [-0.25, -0.2) is 0 Å². The second-order valence-electron chi connectivity index (χ2n) is 3.78. The van der Waals surface area contributed by atoms with Crippen LogP contribution in [0.5, 0.6) is 0 Å². The summed E-state index contributed by atoms with van der Waals surface area (Å²) in [6.07, 6.45) is 1.50. The van der Waals surface area contributed by atoms with E-state index in [9.17, 15) is 9.59 Å². The molecule has 0 fully saturated rings. The number of rotatable bonds is 8. The molecule has 0 aromatic heterocycles. The summed E-state index contributed by atoms with van der Waals surface area (Å²) in [6, 6.07) is 0.447. The predicted molar refractivity (Wildman–Crippen MR) is 59.2 cm³/mol. The third kappa shape index (κ3) is 10.8. The van der Waals surface area contributed by atoms with Gasteiger partial charge in [-0.3, -0.25) is 9.59 Å². The van der Waals surface area contributed by atoms with E-state index < -0.39 is 5.91 Å². The van der Waals surface area contributed by atoms with Crippen LogP contribution < -0.4 is 16.4 Å². The monoisotopic (exact) mass is 215 g/mol. The van der Waals surface area contributed by atoms with Crippen LogP contribution in [0.15, 0.2) is 0 Å². The van der Waals surface area contributed by atoms with Gasteiger partial charge in [0.1, 0.15) is 0 Å². The molecular formula is C10H21N3O2. The summed E-state index contributed by atoms with van der Waals surface area (Å²) in [5, 5.41) is 5.86. The van der Waals surface area contributed by atoms with Crippen molar-refractivity contribution >= 4 is 11.8 Å². The van der Waals surface area contributed by atoms with E-state index in [2.05, 4.69) is 24.5 Å². The lowest BCUT2D eigenvalue weighted by molar-refractivity contribution is -0.121. The van der Waals surface area contributed by atoms with Gasteiger partial charge in [-0.2, -0.15) is 0 Å². The molecule has 0 unspecified atom stereocenters. The smallest absolute Gasteiger partial charge is 0.220 e. The Bertz CT molecular complexity index is 205. The molecule has 0 saturated carbocycles. The minimum absolute atomic E-state index is 0.0261. The second-order valence-corrected chi connectivity index (χ2v) is 3.78. The first-order valence-corrected chi connectivity index (χ1v) is 5.30. The highest BCUT2D eigenvalue weighted by molar-refractivity contribution is 5.77. The lowest BCUT2D eigenvalue weighted by Gasteiger charge is -2.07. The molecule has 2 amide bonds. The van der Waals surface area contributed by atoms with Gasteiger partial charge in [0.05, 0.1) is 0 Å². The summed E-state index contributed by atoms with van der Waals surface area (Å²) in [4.78, 5) is 21.6. The Morgan fingerprint density at radius 1 is 1.20 bits per heavy atom. The molecule has 15 heavy (non-hydrogen) atoms. The van der Waals surface area contributed by atoms with Gasteiger partial charge >= 0.3 is 0 Å². The first-order valence-electron chi connectivity index (χ1n) is 5.30. The van der Waals surface area contributed by atoms with Gasteiger partial charge < -0.3 is 16.4 Å². The highest BCUT2D eigenvalue weighted by atomic mass is 16.2. The average molecular weight is 215 g/mol. The topological polar surface area (TPSA) is 84.2 Å². The maximum Gasteiger partial charge on any atom is 0.220 e. The fraction of sp³-hybridized carbons (Fsp3) is 0.800. The van der Waals surface area contributed by atoms with Crippen LogP contribution in [0.25, 0.3) is 0 Å². The van der Waals surface area contributed by atoms with Gasteiger partial charge in [0.15, 0.2) is 0 Å². The molecule has 0 aromatic rings. The minimum atomic E-state index is -0.392. The van der Waals surface area contributed by atoms with Crippen molar-refractivity contribution in [2.24, 2.45) is 5.73 Å². The van der Waals surface area contributed by atoms with Crippen LogP contribution in [-0.2, 0) is 9.59 Å². The Hall–Kier alpha value is -1.10. The Kier molecular flexibility index (Phi) is 7.62.